The first-order chi connectivity index (χ1) is 13.9. The Balaban J connectivity index is 2.23. The molecule has 0 spiro atoms. The van der Waals surface area contributed by atoms with Gasteiger partial charge in [0.25, 0.3) is 0 Å². The zero-order valence-corrected chi connectivity index (χ0v) is 21.1. The van der Waals surface area contributed by atoms with Gasteiger partial charge in [-0.1, -0.05) is 81.9 Å². The molecule has 4 rings (SSSR count). The van der Waals surface area contributed by atoms with Crippen LogP contribution >= 0.6 is 0 Å². The minimum atomic E-state index is -1.89. The van der Waals surface area contributed by atoms with Crippen LogP contribution in [0.25, 0.3) is 0 Å². The highest BCUT2D eigenvalue weighted by atomic mass is 28.3. The number of carbonyl (C=O) groups is 1. The summed E-state index contributed by atoms with van der Waals surface area (Å²) in [4.78, 5) is 14.7. The van der Waals surface area contributed by atoms with Crippen LogP contribution in [0.15, 0.2) is 64.1 Å². The molecule has 4 atom stereocenters. The second-order valence-electron chi connectivity index (χ2n) is 10.8. The molecule has 0 aromatic heterocycles. The maximum absolute atomic E-state index is 14.7. The normalized spacial score (nSPS) is 35.7. The predicted octanol–water partition coefficient (Wildman–Crippen LogP) is 6.61. The molecule has 0 amide bonds. The van der Waals surface area contributed by atoms with Crippen molar-refractivity contribution in [3.05, 3.63) is 69.6 Å². The topological polar surface area (TPSA) is 26.3 Å². The number of Topliss-reactive ketones (excluding diaryl/α,β-unsaturated/α-hetero) is 1. The quantitative estimate of drug-likeness (QED) is 0.404. The van der Waals surface area contributed by atoms with Gasteiger partial charge >= 0.3 is 0 Å². The number of ketones is 1. The highest BCUT2D eigenvalue weighted by molar-refractivity contribution is 6.87. The smallest absolute Gasteiger partial charge is 0.170 e. The minimum Gasteiger partial charge on any atom is -0.494 e. The molecule has 30 heavy (non-hydrogen) atoms. The average Bonchev–Trinajstić information content (AvgIpc) is 2.94. The van der Waals surface area contributed by atoms with Gasteiger partial charge in [0.05, 0.1) is 20.1 Å². The van der Waals surface area contributed by atoms with Crippen molar-refractivity contribution in [2.45, 2.75) is 66.6 Å². The minimum absolute atomic E-state index is 0.184. The van der Waals surface area contributed by atoms with E-state index in [9.17, 15) is 4.79 Å². The van der Waals surface area contributed by atoms with Gasteiger partial charge in [-0.2, -0.15) is 0 Å². The number of hydrogen-bond donors (Lipinski definition) is 0. The Hall–Kier alpha value is -1.87. The molecular formula is C27H36O2Si. The van der Waals surface area contributed by atoms with E-state index < -0.39 is 13.5 Å². The highest BCUT2D eigenvalue weighted by Gasteiger charge is 2.77. The molecule has 1 aromatic carbocycles. The van der Waals surface area contributed by atoms with Crippen LogP contribution in [-0.2, 0) is 14.9 Å². The molecule has 3 aliphatic rings. The van der Waals surface area contributed by atoms with Crippen molar-refractivity contribution in [2.24, 2.45) is 16.7 Å². The molecular weight excluding hydrogens is 384 g/mol. The second-order valence-corrected chi connectivity index (χ2v) is 15.8. The maximum Gasteiger partial charge on any atom is 0.170 e. The zero-order valence-electron chi connectivity index (χ0n) is 20.1. The Bertz CT molecular complexity index is 1020. The number of carbonyl (C=O) groups excluding carboxylic acids is 1. The lowest BCUT2D eigenvalue weighted by Gasteiger charge is -2.51. The summed E-state index contributed by atoms with van der Waals surface area (Å²) in [6, 6.07) is 10.5. The summed E-state index contributed by atoms with van der Waals surface area (Å²) in [6.07, 6.45) is 2.12. The van der Waals surface area contributed by atoms with Crippen LogP contribution in [0.2, 0.25) is 19.6 Å². The predicted molar refractivity (Wildman–Crippen MR) is 127 cm³/mol. The molecule has 0 radical (unpaired) electrons. The molecule has 1 saturated carbocycles. The molecule has 3 heteroatoms. The summed E-state index contributed by atoms with van der Waals surface area (Å²) in [5.41, 5.74) is 3.96. The van der Waals surface area contributed by atoms with Gasteiger partial charge in [0.1, 0.15) is 5.76 Å². The van der Waals surface area contributed by atoms with Crippen molar-refractivity contribution in [2.75, 3.05) is 6.61 Å². The van der Waals surface area contributed by atoms with Crippen LogP contribution in [0.5, 0.6) is 0 Å². The van der Waals surface area contributed by atoms with Gasteiger partial charge < -0.3 is 4.74 Å². The van der Waals surface area contributed by atoms with E-state index in [1.54, 1.807) is 0 Å². The Morgan fingerprint density at radius 2 is 1.63 bits per heavy atom. The Kier molecular flexibility index (Phi) is 4.50. The Morgan fingerprint density at radius 1 is 1.03 bits per heavy atom. The molecule has 1 unspecified atom stereocenters. The number of fused-ring (bicyclic) bond motifs is 5. The van der Waals surface area contributed by atoms with E-state index in [0.717, 1.165) is 16.5 Å². The van der Waals surface area contributed by atoms with Gasteiger partial charge in [0.2, 0.25) is 0 Å². The summed E-state index contributed by atoms with van der Waals surface area (Å²) in [6.45, 7) is 21.1. The van der Waals surface area contributed by atoms with E-state index >= 15 is 0 Å². The van der Waals surface area contributed by atoms with Crippen molar-refractivity contribution >= 4 is 13.9 Å². The molecule has 1 aromatic rings. The Morgan fingerprint density at radius 3 is 2.17 bits per heavy atom. The van der Waals surface area contributed by atoms with E-state index in [4.69, 9.17) is 4.74 Å². The van der Waals surface area contributed by atoms with Crippen LogP contribution in [0.3, 0.4) is 0 Å². The maximum atomic E-state index is 14.7. The van der Waals surface area contributed by atoms with Crippen LogP contribution < -0.4 is 0 Å². The van der Waals surface area contributed by atoms with Crippen molar-refractivity contribution < 1.29 is 9.53 Å². The summed E-state index contributed by atoms with van der Waals surface area (Å²) >= 11 is 0. The largest absolute Gasteiger partial charge is 0.494 e. The van der Waals surface area contributed by atoms with Crippen molar-refractivity contribution in [1.82, 2.24) is 0 Å². The molecule has 0 saturated heterocycles. The third-order valence-corrected chi connectivity index (χ3v) is 10.9. The number of rotatable bonds is 4. The monoisotopic (exact) mass is 420 g/mol. The van der Waals surface area contributed by atoms with E-state index in [1.807, 2.05) is 13.0 Å². The van der Waals surface area contributed by atoms with Crippen LogP contribution in [-0.4, -0.2) is 20.5 Å². The van der Waals surface area contributed by atoms with E-state index in [0.29, 0.717) is 18.3 Å². The van der Waals surface area contributed by atoms with Crippen LogP contribution in [0.4, 0.5) is 0 Å². The number of hydrogen-bond acceptors (Lipinski definition) is 2. The SMILES string of the molecule is CCOC1=C2[C@]3(C)C(C)=C(C)[C@@](C)(C3C)[C@@]2(c2ccccc2)C(=O)C([Si](C)(C)C)=C1. The van der Waals surface area contributed by atoms with Crippen molar-refractivity contribution in [3.8, 4) is 0 Å². The first-order valence-corrected chi connectivity index (χ1v) is 14.8. The fraction of sp³-hybridized carbons (Fsp3) is 0.519. The molecule has 3 aliphatic carbocycles. The molecule has 0 heterocycles. The Labute approximate surface area is 183 Å². The third-order valence-electron chi connectivity index (χ3n) is 8.95. The molecule has 160 valence electrons. The molecule has 2 nitrogen and oxygen atoms in total. The van der Waals surface area contributed by atoms with Gasteiger partial charge in [0.15, 0.2) is 5.78 Å². The lowest BCUT2D eigenvalue weighted by Crippen LogP contribution is -2.55. The van der Waals surface area contributed by atoms with E-state index in [2.05, 4.69) is 84.6 Å². The number of allylic oxidation sites excluding steroid dienone is 5. The summed E-state index contributed by atoms with van der Waals surface area (Å²) in [5.74, 6) is 1.58. The fourth-order valence-corrected chi connectivity index (χ4v) is 8.45. The van der Waals surface area contributed by atoms with Gasteiger partial charge in [-0.3, -0.25) is 4.79 Å². The molecule has 0 aliphatic heterocycles. The molecule has 1 fully saturated rings. The number of ether oxygens (including phenoxy) is 1. The molecule has 2 bridgehead atoms. The zero-order chi connectivity index (χ0) is 22.3. The van der Waals surface area contributed by atoms with Gasteiger partial charge in [-0.05, 0) is 43.5 Å². The third kappa shape index (κ3) is 2.12. The fourth-order valence-electron chi connectivity index (χ4n) is 7.02. The van der Waals surface area contributed by atoms with Crippen molar-refractivity contribution in [3.63, 3.8) is 0 Å². The standard InChI is InChI=1S/C27H36O2Si/c1-10-29-21-16-22(30(7,8)9)24(28)27(20-14-12-11-13-15-20)23(21)25(5)17(2)18(3)26(27,6)19(25)4/h11-16,19H,10H2,1-9H3/t19?,25-,26+,27-/m1/s1. The van der Waals surface area contributed by atoms with Gasteiger partial charge in [-0.15, -0.1) is 0 Å². The lowest BCUT2D eigenvalue weighted by molar-refractivity contribution is -0.122. The first-order valence-electron chi connectivity index (χ1n) is 11.3. The summed E-state index contributed by atoms with van der Waals surface area (Å²) in [5, 5.41) is 1.01. The van der Waals surface area contributed by atoms with Gasteiger partial charge in [0, 0.05) is 16.4 Å². The van der Waals surface area contributed by atoms with Crippen LogP contribution in [0, 0.1) is 16.7 Å². The highest BCUT2D eigenvalue weighted by Crippen LogP contribution is 2.79. The summed E-state index contributed by atoms with van der Waals surface area (Å²) < 4.78 is 6.36. The lowest BCUT2D eigenvalue weighted by atomic mass is 9.52. The second kappa shape index (κ2) is 6.32. The average molecular weight is 421 g/mol. The van der Waals surface area contributed by atoms with E-state index in [-0.39, 0.29) is 10.8 Å². The summed E-state index contributed by atoms with van der Waals surface area (Å²) in [7, 11) is -1.89. The van der Waals surface area contributed by atoms with Crippen LogP contribution in [0.1, 0.15) is 47.1 Å². The first kappa shape index (κ1) is 21.4. The molecule has 0 N–H and O–H groups in total. The van der Waals surface area contributed by atoms with Crippen molar-refractivity contribution in [1.29, 1.82) is 0 Å². The number of benzene rings is 1. The van der Waals surface area contributed by atoms with E-state index in [1.165, 1.54) is 16.7 Å². The van der Waals surface area contributed by atoms with Gasteiger partial charge in [-0.25, -0.2) is 0 Å².